The molecule has 0 aliphatic heterocycles. The number of thioether (sulfide) groups is 1. The number of hydrogen-bond acceptors (Lipinski definition) is 5. The molecular weight excluding hydrogens is 272 g/mol. The van der Waals surface area contributed by atoms with Gasteiger partial charge in [-0.25, -0.2) is 15.0 Å². The van der Waals surface area contributed by atoms with Gasteiger partial charge in [0.1, 0.15) is 5.65 Å². The lowest BCUT2D eigenvalue weighted by atomic mass is 10.3. The Hall–Kier alpha value is -2.21. The number of nitrogens with zero attached hydrogens (tertiary/aromatic N) is 4. The molecule has 0 saturated heterocycles. The fourth-order valence-corrected chi connectivity index (χ4v) is 2.52. The summed E-state index contributed by atoms with van der Waals surface area (Å²) in [5.41, 5.74) is 2.41. The summed E-state index contributed by atoms with van der Waals surface area (Å²) in [5, 5.41) is 0.679. The summed E-state index contributed by atoms with van der Waals surface area (Å²) in [5.74, 6) is 0.573. The normalized spacial score (nSPS) is 10.8. The van der Waals surface area contributed by atoms with Crippen LogP contribution in [0.25, 0.3) is 5.65 Å². The molecule has 0 atom stereocenters. The Morgan fingerprint density at radius 3 is 2.85 bits per heavy atom. The van der Waals surface area contributed by atoms with Crippen LogP contribution in [0.5, 0.6) is 0 Å². The maximum absolute atomic E-state index is 12.0. The third-order valence-electron chi connectivity index (χ3n) is 2.77. The van der Waals surface area contributed by atoms with Crippen molar-refractivity contribution in [1.29, 1.82) is 0 Å². The first-order chi connectivity index (χ1) is 9.72. The van der Waals surface area contributed by atoms with Crippen LogP contribution in [0.3, 0.4) is 0 Å². The van der Waals surface area contributed by atoms with Crippen molar-refractivity contribution >= 4 is 17.4 Å². The standard InChI is InChI=1S/C14H12N4OS/c1-10-3-6-18-12(7-10)17-11(8-13(18)19)9-20-14-15-4-2-5-16-14/h2-8H,9H2,1H3. The number of aryl methyl sites for hydroxylation is 1. The summed E-state index contributed by atoms with van der Waals surface area (Å²) in [4.78, 5) is 24.8. The van der Waals surface area contributed by atoms with Crippen molar-refractivity contribution in [2.45, 2.75) is 17.8 Å². The third kappa shape index (κ3) is 2.70. The molecule has 5 nitrogen and oxygen atoms in total. The summed E-state index contributed by atoms with van der Waals surface area (Å²) in [6, 6.07) is 7.11. The Labute approximate surface area is 119 Å². The van der Waals surface area contributed by atoms with E-state index in [1.165, 1.54) is 11.8 Å². The molecule has 3 aromatic heterocycles. The smallest absolute Gasteiger partial charge is 0.258 e. The van der Waals surface area contributed by atoms with Gasteiger partial charge in [0, 0.05) is 30.4 Å². The van der Waals surface area contributed by atoms with Gasteiger partial charge in [0.05, 0.1) is 5.69 Å². The van der Waals surface area contributed by atoms with Crippen molar-refractivity contribution in [2.75, 3.05) is 0 Å². The molecule has 0 spiro atoms. The highest BCUT2D eigenvalue weighted by Gasteiger charge is 2.04. The fraction of sp³-hybridized carbons (Fsp3) is 0.143. The van der Waals surface area contributed by atoms with Crippen LogP contribution in [-0.4, -0.2) is 19.4 Å². The highest BCUT2D eigenvalue weighted by atomic mass is 32.2. The van der Waals surface area contributed by atoms with E-state index in [-0.39, 0.29) is 5.56 Å². The molecule has 0 aromatic carbocycles. The monoisotopic (exact) mass is 284 g/mol. The number of pyridine rings is 1. The Morgan fingerprint density at radius 1 is 1.25 bits per heavy atom. The van der Waals surface area contributed by atoms with Crippen LogP contribution < -0.4 is 5.56 Å². The Bertz CT molecular complexity index is 801. The maximum Gasteiger partial charge on any atom is 0.258 e. The number of aromatic nitrogens is 4. The molecule has 0 radical (unpaired) electrons. The van der Waals surface area contributed by atoms with Gasteiger partial charge in [0.25, 0.3) is 5.56 Å². The van der Waals surface area contributed by atoms with Crippen LogP contribution in [0.1, 0.15) is 11.3 Å². The lowest BCUT2D eigenvalue weighted by Crippen LogP contribution is -2.15. The van der Waals surface area contributed by atoms with E-state index in [9.17, 15) is 4.79 Å². The van der Waals surface area contributed by atoms with Gasteiger partial charge in [-0.05, 0) is 30.7 Å². The quantitative estimate of drug-likeness (QED) is 0.544. The van der Waals surface area contributed by atoms with Crippen molar-refractivity contribution in [3.63, 3.8) is 0 Å². The first-order valence-corrected chi connectivity index (χ1v) is 7.10. The lowest BCUT2D eigenvalue weighted by Gasteiger charge is -2.04. The molecule has 0 aliphatic rings. The zero-order valence-corrected chi connectivity index (χ0v) is 11.7. The fourth-order valence-electron chi connectivity index (χ4n) is 1.83. The van der Waals surface area contributed by atoms with E-state index in [1.807, 2.05) is 19.1 Å². The molecule has 3 heterocycles. The molecule has 0 unspecified atom stereocenters. The summed E-state index contributed by atoms with van der Waals surface area (Å²) in [6.07, 6.45) is 5.14. The number of hydrogen-bond donors (Lipinski definition) is 0. The molecule has 0 amide bonds. The van der Waals surface area contributed by atoms with E-state index in [2.05, 4.69) is 15.0 Å². The molecule has 0 aliphatic carbocycles. The molecule has 0 N–H and O–H groups in total. The van der Waals surface area contributed by atoms with Crippen molar-refractivity contribution in [3.05, 3.63) is 64.5 Å². The van der Waals surface area contributed by atoms with Crippen molar-refractivity contribution in [1.82, 2.24) is 19.4 Å². The molecule has 100 valence electrons. The predicted octanol–water partition coefficient (Wildman–Crippen LogP) is 2.09. The van der Waals surface area contributed by atoms with E-state index in [1.54, 1.807) is 35.1 Å². The summed E-state index contributed by atoms with van der Waals surface area (Å²) >= 11 is 1.46. The number of fused-ring (bicyclic) bond motifs is 1. The summed E-state index contributed by atoms with van der Waals surface area (Å²) in [7, 11) is 0. The van der Waals surface area contributed by atoms with Gasteiger partial charge in [-0.1, -0.05) is 11.8 Å². The second-order valence-corrected chi connectivity index (χ2v) is 5.28. The molecule has 0 fully saturated rings. The molecular formula is C14H12N4OS. The zero-order valence-electron chi connectivity index (χ0n) is 10.9. The SMILES string of the molecule is Cc1ccn2c(=O)cc(CSc3ncccn3)nc2c1. The minimum Gasteiger partial charge on any atom is -0.269 e. The van der Waals surface area contributed by atoms with Crippen LogP contribution in [0.2, 0.25) is 0 Å². The van der Waals surface area contributed by atoms with Crippen LogP contribution in [0.15, 0.2) is 52.8 Å². The van der Waals surface area contributed by atoms with Crippen LogP contribution >= 0.6 is 11.8 Å². The Kier molecular flexibility index (Phi) is 3.47. The second kappa shape index (κ2) is 5.42. The summed E-state index contributed by atoms with van der Waals surface area (Å²) < 4.78 is 1.54. The largest absolute Gasteiger partial charge is 0.269 e. The first kappa shape index (κ1) is 12.8. The van der Waals surface area contributed by atoms with Gasteiger partial charge < -0.3 is 0 Å². The van der Waals surface area contributed by atoms with Gasteiger partial charge in [0.2, 0.25) is 0 Å². The maximum atomic E-state index is 12.0. The molecule has 0 bridgehead atoms. The van der Waals surface area contributed by atoms with Gasteiger partial charge in [0.15, 0.2) is 5.16 Å². The summed E-state index contributed by atoms with van der Waals surface area (Å²) in [6.45, 7) is 1.98. The second-order valence-electron chi connectivity index (χ2n) is 4.34. The van der Waals surface area contributed by atoms with E-state index < -0.39 is 0 Å². The predicted molar refractivity (Wildman–Crippen MR) is 77.8 cm³/mol. The minimum atomic E-state index is -0.0698. The highest BCUT2D eigenvalue weighted by Crippen LogP contribution is 2.16. The van der Waals surface area contributed by atoms with Crippen molar-refractivity contribution in [2.24, 2.45) is 0 Å². The van der Waals surface area contributed by atoms with Crippen LogP contribution in [0, 0.1) is 6.92 Å². The Morgan fingerprint density at radius 2 is 2.05 bits per heavy atom. The molecule has 20 heavy (non-hydrogen) atoms. The van der Waals surface area contributed by atoms with Crippen LogP contribution in [0.4, 0.5) is 0 Å². The topological polar surface area (TPSA) is 60.2 Å². The van der Waals surface area contributed by atoms with Gasteiger partial charge in [-0.2, -0.15) is 0 Å². The average molecular weight is 284 g/mol. The van der Waals surface area contributed by atoms with Crippen molar-refractivity contribution < 1.29 is 0 Å². The lowest BCUT2D eigenvalue weighted by molar-refractivity contribution is 0.961. The van der Waals surface area contributed by atoms with Crippen molar-refractivity contribution in [3.8, 4) is 0 Å². The zero-order chi connectivity index (χ0) is 13.9. The van der Waals surface area contributed by atoms with E-state index in [4.69, 9.17) is 0 Å². The first-order valence-electron chi connectivity index (χ1n) is 6.11. The minimum absolute atomic E-state index is 0.0698. The molecule has 0 saturated carbocycles. The van der Waals surface area contributed by atoms with E-state index in [0.717, 1.165) is 11.3 Å². The Balaban J connectivity index is 1.90. The molecule has 6 heteroatoms. The third-order valence-corrected chi connectivity index (χ3v) is 3.68. The molecule has 3 aromatic rings. The highest BCUT2D eigenvalue weighted by molar-refractivity contribution is 7.98. The van der Waals surface area contributed by atoms with E-state index in [0.29, 0.717) is 16.6 Å². The van der Waals surface area contributed by atoms with Gasteiger partial charge in [-0.3, -0.25) is 9.20 Å². The average Bonchev–Trinajstić information content (AvgIpc) is 2.46. The van der Waals surface area contributed by atoms with Gasteiger partial charge >= 0.3 is 0 Å². The van der Waals surface area contributed by atoms with Crippen LogP contribution in [-0.2, 0) is 5.75 Å². The molecule has 3 rings (SSSR count). The van der Waals surface area contributed by atoms with Gasteiger partial charge in [-0.15, -0.1) is 0 Å². The van der Waals surface area contributed by atoms with E-state index >= 15 is 0 Å². The number of rotatable bonds is 3.